The van der Waals surface area contributed by atoms with Crippen molar-refractivity contribution in [3.05, 3.63) is 45.3 Å². The van der Waals surface area contributed by atoms with Gasteiger partial charge < -0.3 is 14.5 Å². The molecule has 5 heteroatoms. The molecule has 2 aromatic carbocycles. The maximum Gasteiger partial charge on any atom is 0.143 e. The third kappa shape index (κ3) is 4.91. The number of hydrogen-bond donors (Lipinski definition) is 0. The van der Waals surface area contributed by atoms with E-state index in [0.717, 1.165) is 46.6 Å². The van der Waals surface area contributed by atoms with Gasteiger partial charge in [-0.05, 0) is 83.8 Å². The zero-order chi connectivity index (χ0) is 18.4. The molecule has 0 aliphatic heterocycles. The van der Waals surface area contributed by atoms with Crippen molar-refractivity contribution in [2.45, 2.75) is 27.7 Å². The lowest BCUT2D eigenvalue weighted by molar-refractivity contribution is 0.476. The van der Waals surface area contributed by atoms with Crippen LogP contribution in [-0.4, -0.2) is 26.2 Å². The number of nitrogens with zero attached hydrogens (tertiary/aromatic N) is 2. The molecule has 0 amide bonds. The molecule has 0 atom stereocenters. The Morgan fingerprint density at radius 3 is 1.36 bits per heavy atom. The summed E-state index contributed by atoms with van der Waals surface area (Å²) in [6.07, 6.45) is 0. The van der Waals surface area contributed by atoms with E-state index in [1.807, 2.05) is 12.1 Å². The molecule has 0 heterocycles. The molecular weight excluding hydrogens is 444 g/mol. The number of halogens is 2. The van der Waals surface area contributed by atoms with Crippen molar-refractivity contribution in [1.29, 1.82) is 0 Å². The van der Waals surface area contributed by atoms with Crippen LogP contribution in [0.25, 0.3) is 0 Å². The van der Waals surface area contributed by atoms with Gasteiger partial charge in [-0.1, -0.05) is 0 Å². The van der Waals surface area contributed by atoms with E-state index in [0.29, 0.717) is 0 Å². The van der Waals surface area contributed by atoms with Gasteiger partial charge in [0.1, 0.15) is 11.5 Å². The fraction of sp³-hybridized carbons (Fsp3) is 0.400. The minimum absolute atomic E-state index is 0.821. The zero-order valence-corrected chi connectivity index (χ0v) is 18.5. The molecule has 0 saturated heterocycles. The lowest BCUT2D eigenvalue weighted by atomic mass is 10.2. The van der Waals surface area contributed by atoms with Gasteiger partial charge in [0.25, 0.3) is 0 Å². The third-order valence-electron chi connectivity index (χ3n) is 4.31. The topological polar surface area (TPSA) is 15.7 Å². The van der Waals surface area contributed by atoms with Gasteiger partial charge in [-0.3, -0.25) is 0 Å². The van der Waals surface area contributed by atoms with Crippen LogP contribution in [0.1, 0.15) is 27.7 Å². The molecular formula is C20H26Br2N2O. The van der Waals surface area contributed by atoms with Crippen molar-refractivity contribution in [2.75, 3.05) is 36.0 Å². The molecule has 0 spiro atoms. The second kappa shape index (κ2) is 9.48. The Hall–Kier alpha value is -1.20. The largest absolute Gasteiger partial charge is 0.455 e. The quantitative estimate of drug-likeness (QED) is 0.427. The number of hydrogen-bond acceptors (Lipinski definition) is 3. The minimum Gasteiger partial charge on any atom is -0.455 e. The SMILES string of the molecule is CCN(CC)c1ccc(Br)c(Oc2cc(N(CC)CC)ccc2Br)c1. The van der Waals surface area contributed by atoms with Crippen LogP contribution in [-0.2, 0) is 0 Å². The molecule has 136 valence electrons. The smallest absolute Gasteiger partial charge is 0.143 e. The zero-order valence-electron chi connectivity index (χ0n) is 15.4. The highest BCUT2D eigenvalue weighted by atomic mass is 79.9. The van der Waals surface area contributed by atoms with Gasteiger partial charge in [-0.15, -0.1) is 0 Å². The van der Waals surface area contributed by atoms with Crippen molar-refractivity contribution in [1.82, 2.24) is 0 Å². The lowest BCUT2D eigenvalue weighted by Crippen LogP contribution is -2.21. The van der Waals surface area contributed by atoms with Crippen LogP contribution in [0.2, 0.25) is 0 Å². The molecule has 0 aromatic heterocycles. The van der Waals surface area contributed by atoms with Crippen molar-refractivity contribution >= 4 is 43.2 Å². The van der Waals surface area contributed by atoms with Crippen molar-refractivity contribution in [3.8, 4) is 11.5 Å². The van der Waals surface area contributed by atoms with Crippen molar-refractivity contribution < 1.29 is 4.74 Å². The standard InChI is InChI=1S/C20H26Br2N2O/c1-5-23(6-2)15-9-11-17(21)19(13-15)25-20-14-16(10-12-18(20)22)24(7-3)8-4/h9-14H,5-8H2,1-4H3. The number of ether oxygens (including phenoxy) is 1. The van der Waals surface area contributed by atoms with Crippen LogP contribution < -0.4 is 14.5 Å². The maximum atomic E-state index is 6.25. The van der Waals surface area contributed by atoms with Crippen LogP contribution in [0, 0.1) is 0 Å². The van der Waals surface area contributed by atoms with Gasteiger partial charge in [-0.2, -0.15) is 0 Å². The van der Waals surface area contributed by atoms with Crippen LogP contribution in [0.15, 0.2) is 45.3 Å². The molecule has 0 radical (unpaired) electrons. The van der Waals surface area contributed by atoms with Crippen LogP contribution in [0.4, 0.5) is 11.4 Å². The molecule has 3 nitrogen and oxygen atoms in total. The molecule has 0 unspecified atom stereocenters. The monoisotopic (exact) mass is 468 g/mol. The highest BCUT2D eigenvalue weighted by Gasteiger charge is 2.12. The highest BCUT2D eigenvalue weighted by molar-refractivity contribution is 9.11. The van der Waals surface area contributed by atoms with Crippen molar-refractivity contribution in [3.63, 3.8) is 0 Å². The molecule has 2 rings (SSSR count). The van der Waals surface area contributed by atoms with E-state index in [2.05, 4.69) is 93.6 Å². The molecule has 0 aliphatic carbocycles. The van der Waals surface area contributed by atoms with Crippen LogP contribution >= 0.6 is 31.9 Å². The summed E-state index contributed by atoms with van der Waals surface area (Å²) in [5.74, 6) is 1.64. The van der Waals surface area contributed by atoms with Gasteiger partial charge in [0.2, 0.25) is 0 Å². The first kappa shape index (κ1) is 20.1. The van der Waals surface area contributed by atoms with Gasteiger partial charge in [0, 0.05) is 49.7 Å². The maximum absolute atomic E-state index is 6.25. The molecule has 2 aromatic rings. The Labute approximate surface area is 168 Å². The Bertz CT molecular complexity index is 639. The van der Waals surface area contributed by atoms with Crippen molar-refractivity contribution in [2.24, 2.45) is 0 Å². The Balaban J connectivity index is 2.35. The highest BCUT2D eigenvalue weighted by Crippen LogP contribution is 2.38. The first-order chi connectivity index (χ1) is 12.0. The van der Waals surface area contributed by atoms with Crippen LogP contribution in [0.3, 0.4) is 0 Å². The molecule has 0 N–H and O–H groups in total. The minimum atomic E-state index is 0.821. The summed E-state index contributed by atoms with van der Waals surface area (Å²) in [7, 11) is 0. The Morgan fingerprint density at radius 2 is 1.04 bits per heavy atom. The summed E-state index contributed by atoms with van der Waals surface area (Å²) in [6, 6.07) is 12.5. The average Bonchev–Trinajstić information content (AvgIpc) is 2.62. The summed E-state index contributed by atoms with van der Waals surface area (Å²) in [5, 5.41) is 0. The number of benzene rings is 2. The number of anilines is 2. The van der Waals surface area contributed by atoms with E-state index in [1.165, 1.54) is 11.4 Å². The average molecular weight is 470 g/mol. The van der Waals surface area contributed by atoms with E-state index >= 15 is 0 Å². The predicted molar refractivity (Wildman–Crippen MR) is 115 cm³/mol. The fourth-order valence-corrected chi connectivity index (χ4v) is 3.49. The summed E-state index contributed by atoms with van der Waals surface area (Å²) in [4.78, 5) is 4.61. The summed E-state index contributed by atoms with van der Waals surface area (Å²) >= 11 is 7.22. The third-order valence-corrected chi connectivity index (χ3v) is 5.62. The first-order valence-corrected chi connectivity index (χ1v) is 10.4. The second-order valence-corrected chi connectivity index (χ2v) is 7.38. The van der Waals surface area contributed by atoms with Gasteiger partial charge >= 0.3 is 0 Å². The fourth-order valence-electron chi connectivity index (χ4n) is 2.83. The van der Waals surface area contributed by atoms with Crippen LogP contribution in [0.5, 0.6) is 11.5 Å². The Morgan fingerprint density at radius 1 is 0.680 bits per heavy atom. The van der Waals surface area contributed by atoms with Gasteiger partial charge in [0.15, 0.2) is 0 Å². The summed E-state index contributed by atoms with van der Waals surface area (Å²) in [5.41, 5.74) is 2.33. The molecule has 0 fully saturated rings. The number of rotatable bonds is 8. The molecule has 0 aliphatic rings. The van der Waals surface area contributed by atoms with E-state index < -0.39 is 0 Å². The van der Waals surface area contributed by atoms with E-state index in [9.17, 15) is 0 Å². The molecule has 25 heavy (non-hydrogen) atoms. The van der Waals surface area contributed by atoms with E-state index in [1.54, 1.807) is 0 Å². The predicted octanol–water partition coefficient (Wildman–Crippen LogP) is 6.70. The van der Waals surface area contributed by atoms with Gasteiger partial charge in [0.05, 0.1) is 8.95 Å². The Kier molecular flexibility index (Phi) is 7.63. The van der Waals surface area contributed by atoms with Gasteiger partial charge in [-0.25, -0.2) is 0 Å². The summed E-state index contributed by atoms with van der Waals surface area (Å²) in [6.45, 7) is 12.5. The van der Waals surface area contributed by atoms with E-state index in [4.69, 9.17) is 4.74 Å². The normalized spacial score (nSPS) is 10.6. The first-order valence-electron chi connectivity index (χ1n) is 8.80. The second-order valence-electron chi connectivity index (χ2n) is 5.68. The van der Waals surface area contributed by atoms with E-state index in [-0.39, 0.29) is 0 Å². The molecule has 0 saturated carbocycles. The lowest BCUT2D eigenvalue weighted by Gasteiger charge is -2.23. The molecule has 0 bridgehead atoms. The summed E-state index contributed by atoms with van der Waals surface area (Å²) < 4.78 is 8.15.